The summed E-state index contributed by atoms with van der Waals surface area (Å²) in [5.74, 6) is 0. The summed E-state index contributed by atoms with van der Waals surface area (Å²) in [6, 6.07) is 1.81. The molecule has 4 rings (SSSR count). The van der Waals surface area contributed by atoms with Crippen molar-refractivity contribution in [3.05, 3.63) is 23.5 Å². The number of rotatable bonds is 2. The SMILES string of the molecule is NC1CC2CCC(C1)N2Cc1cn2ccsc2n1. The molecule has 2 aromatic heterocycles. The van der Waals surface area contributed by atoms with Crippen LogP contribution in [0, 0.1) is 0 Å². The second kappa shape index (κ2) is 4.05. The second-order valence-corrected chi connectivity index (χ2v) is 6.49. The van der Waals surface area contributed by atoms with Crippen molar-refractivity contribution >= 4 is 16.3 Å². The van der Waals surface area contributed by atoms with E-state index in [0.717, 1.165) is 11.5 Å². The van der Waals surface area contributed by atoms with Crippen LogP contribution in [0.2, 0.25) is 0 Å². The van der Waals surface area contributed by atoms with Gasteiger partial charge in [-0.25, -0.2) is 4.98 Å². The maximum atomic E-state index is 6.11. The Morgan fingerprint density at radius 1 is 1.33 bits per heavy atom. The Morgan fingerprint density at radius 2 is 2.11 bits per heavy atom. The number of hydrogen-bond donors (Lipinski definition) is 1. The van der Waals surface area contributed by atoms with Gasteiger partial charge in [-0.2, -0.15) is 0 Å². The van der Waals surface area contributed by atoms with Crippen LogP contribution < -0.4 is 5.73 Å². The van der Waals surface area contributed by atoms with E-state index >= 15 is 0 Å². The number of imidazole rings is 1. The van der Waals surface area contributed by atoms with Crippen LogP contribution in [0.1, 0.15) is 31.4 Å². The third-order valence-electron chi connectivity index (χ3n) is 4.41. The summed E-state index contributed by atoms with van der Waals surface area (Å²) in [6.45, 7) is 0.996. The first-order chi connectivity index (χ1) is 8.79. The van der Waals surface area contributed by atoms with Crippen LogP contribution in [0.5, 0.6) is 0 Å². The highest BCUT2D eigenvalue weighted by Crippen LogP contribution is 2.36. The summed E-state index contributed by atoms with van der Waals surface area (Å²) in [5, 5.41) is 2.08. The van der Waals surface area contributed by atoms with Crippen molar-refractivity contribution < 1.29 is 0 Å². The van der Waals surface area contributed by atoms with Crippen molar-refractivity contribution in [3.8, 4) is 0 Å². The summed E-state index contributed by atoms with van der Waals surface area (Å²) in [7, 11) is 0. The Balaban J connectivity index is 1.56. The lowest BCUT2D eigenvalue weighted by atomic mass is 9.98. The molecule has 2 aliphatic rings. The lowest BCUT2D eigenvalue weighted by Crippen LogP contribution is -2.46. The Labute approximate surface area is 110 Å². The highest BCUT2D eigenvalue weighted by Gasteiger charge is 2.39. The van der Waals surface area contributed by atoms with E-state index in [2.05, 4.69) is 27.1 Å². The topological polar surface area (TPSA) is 46.6 Å². The van der Waals surface area contributed by atoms with Gasteiger partial charge in [-0.1, -0.05) is 0 Å². The minimum absolute atomic E-state index is 0.421. The second-order valence-electron chi connectivity index (χ2n) is 5.61. The molecule has 96 valence electrons. The summed E-state index contributed by atoms with van der Waals surface area (Å²) < 4.78 is 2.12. The minimum Gasteiger partial charge on any atom is -0.328 e. The zero-order valence-corrected chi connectivity index (χ0v) is 11.1. The fourth-order valence-electron chi connectivity index (χ4n) is 3.61. The Kier molecular flexibility index (Phi) is 2.46. The van der Waals surface area contributed by atoms with E-state index in [4.69, 9.17) is 10.7 Å². The molecule has 0 spiro atoms. The zero-order valence-electron chi connectivity index (χ0n) is 10.3. The highest BCUT2D eigenvalue weighted by molar-refractivity contribution is 7.15. The molecular formula is C13H18N4S. The quantitative estimate of drug-likeness (QED) is 0.898. The minimum atomic E-state index is 0.421. The molecule has 4 heterocycles. The van der Waals surface area contributed by atoms with Crippen molar-refractivity contribution in [2.75, 3.05) is 0 Å². The van der Waals surface area contributed by atoms with Crippen molar-refractivity contribution in [1.29, 1.82) is 0 Å². The van der Waals surface area contributed by atoms with Gasteiger partial charge in [0.2, 0.25) is 0 Å². The van der Waals surface area contributed by atoms with Crippen molar-refractivity contribution in [1.82, 2.24) is 14.3 Å². The molecule has 2 aromatic rings. The maximum absolute atomic E-state index is 6.11. The molecule has 2 N–H and O–H groups in total. The molecule has 0 saturated carbocycles. The molecule has 0 radical (unpaired) electrons. The monoisotopic (exact) mass is 262 g/mol. The first-order valence-corrected chi connectivity index (χ1v) is 7.60. The average molecular weight is 262 g/mol. The van der Waals surface area contributed by atoms with Gasteiger partial charge in [0, 0.05) is 42.4 Å². The van der Waals surface area contributed by atoms with E-state index in [1.807, 2.05) is 0 Å². The van der Waals surface area contributed by atoms with Gasteiger partial charge in [-0.15, -0.1) is 11.3 Å². The molecule has 2 unspecified atom stereocenters. The summed E-state index contributed by atoms with van der Waals surface area (Å²) in [6.07, 6.45) is 9.22. The van der Waals surface area contributed by atoms with Crippen LogP contribution in [-0.2, 0) is 6.54 Å². The number of hydrogen-bond acceptors (Lipinski definition) is 4. The van der Waals surface area contributed by atoms with E-state index in [1.54, 1.807) is 11.3 Å². The molecule has 2 fully saturated rings. The average Bonchev–Trinajstić information content (AvgIpc) is 2.94. The summed E-state index contributed by atoms with van der Waals surface area (Å²) >= 11 is 1.70. The normalized spacial score (nSPS) is 32.4. The van der Waals surface area contributed by atoms with Crippen LogP contribution in [0.3, 0.4) is 0 Å². The molecule has 4 nitrogen and oxygen atoms in total. The number of piperidine rings is 1. The lowest BCUT2D eigenvalue weighted by molar-refractivity contribution is 0.118. The van der Waals surface area contributed by atoms with E-state index < -0.39 is 0 Å². The van der Waals surface area contributed by atoms with Crippen molar-refractivity contribution in [2.45, 2.75) is 50.4 Å². The first kappa shape index (κ1) is 11.0. The molecule has 0 aromatic carbocycles. The fourth-order valence-corrected chi connectivity index (χ4v) is 4.33. The molecule has 2 bridgehead atoms. The van der Waals surface area contributed by atoms with Crippen LogP contribution in [0.4, 0.5) is 0 Å². The molecule has 18 heavy (non-hydrogen) atoms. The van der Waals surface area contributed by atoms with Crippen molar-refractivity contribution in [3.63, 3.8) is 0 Å². The molecular weight excluding hydrogens is 244 g/mol. The Bertz CT molecular complexity index is 518. The van der Waals surface area contributed by atoms with Gasteiger partial charge in [0.15, 0.2) is 4.96 Å². The van der Waals surface area contributed by atoms with E-state index in [0.29, 0.717) is 18.1 Å². The maximum Gasteiger partial charge on any atom is 0.193 e. The number of fused-ring (bicyclic) bond motifs is 3. The van der Waals surface area contributed by atoms with Gasteiger partial charge in [0.1, 0.15) is 0 Å². The fraction of sp³-hybridized carbons (Fsp3) is 0.615. The largest absolute Gasteiger partial charge is 0.328 e. The van der Waals surface area contributed by atoms with Crippen LogP contribution in [0.25, 0.3) is 4.96 Å². The summed E-state index contributed by atoms with van der Waals surface area (Å²) in [4.78, 5) is 8.43. The van der Waals surface area contributed by atoms with Crippen LogP contribution in [-0.4, -0.2) is 32.4 Å². The molecule has 5 heteroatoms. The van der Waals surface area contributed by atoms with Crippen molar-refractivity contribution in [2.24, 2.45) is 5.73 Å². The zero-order chi connectivity index (χ0) is 12.1. The number of nitrogens with two attached hydrogens (primary N) is 1. The van der Waals surface area contributed by atoms with Gasteiger partial charge in [0.25, 0.3) is 0 Å². The predicted molar refractivity (Wildman–Crippen MR) is 72.6 cm³/mol. The predicted octanol–water partition coefficient (Wildman–Crippen LogP) is 1.85. The van der Waals surface area contributed by atoms with E-state index in [-0.39, 0.29) is 0 Å². The van der Waals surface area contributed by atoms with E-state index in [9.17, 15) is 0 Å². The number of thiazole rings is 1. The Morgan fingerprint density at radius 3 is 2.83 bits per heavy atom. The molecule has 2 atom stereocenters. The lowest BCUT2D eigenvalue weighted by Gasteiger charge is -2.37. The van der Waals surface area contributed by atoms with Crippen LogP contribution >= 0.6 is 11.3 Å². The smallest absolute Gasteiger partial charge is 0.193 e. The van der Waals surface area contributed by atoms with Gasteiger partial charge in [0.05, 0.1) is 5.69 Å². The Hall–Kier alpha value is -0.910. The molecule has 2 saturated heterocycles. The van der Waals surface area contributed by atoms with Gasteiger partial charge in [-0.3, -0.25) is 9.30 Å². The highest BCUT2D eigenvalue weighted by atomic mass is 32.1. The summed E-state index contributed by atoms with van der Waals surface area (Å²) in [5.41, 5.74) is 7.31. The third kappa shape index (κ3) is 1.69. The van der Waals surface area contributed by atoms with E-state index in [1.165, 1.54) is 31.4 Å². The van der Waals surface area contributed by atoms with Crippen LogP contribution in [0.15, 0.2) is 17.8 Å². The first-order valence-electron chi connectivity index (χ1n) is 6.72. The standard InChI is InChI=1S/C13H18N4S/c14-9-5-11-1-2-12(6-9)17(11)8-10-7-16-3-4-18-13(16)15-10/h3-4,7,9,11-12H,1-2,5-6,8,14H2. The van der Waals surface area contributed by atoms with Gasteiger partial charge in [-0.05, 0) is 25.7 Å². The van der Waals surface area contributed by atoms with Gasteiger partial charge >= 0.3 is 0 Å². The molecule has 2 aliphatic heterocycles. The molecule has 0 amide bonds. The third-order valence-corrected chi connectivity index (χ3v) is 5.18. The number of nitrogens with zero attached hydrogens (tertiary/aromatic N) is 3. The number of aromatic nitrogens is 2. The van der Waals surface area contributed by atoms with Gasteiger partial charge < -0.3 is 5.73 Å². The molecule has 0 aliphatic carbocycles.